The zero-order valence-electron chi connectivity index (χ0n) is 20.4. The number of hydrogen-bond acceptors (Lipinski definition) is 5. The molecule has 0 radical (unpaired) electrons. The van der Waals surface area contributed by atoms with Gasteiger partial charge < -0.3 is 26.2 Å². The molecule has 3 unspecified atom stereocenters. The van der Waals surface area contributed by atoms with E-state index in [1.165, 1.54) is 0 Å². The molecule has 0 bridgehead atoms. The average Bonchev–Trinajstić information content (AvgIpc) is 3.06. The second-order valence-electron chi connectivity index (χ2n) is 12.5. The van der Waals surface area contributed by atoms with E-state index >= 15 is 0 Å². The Morgan fingerprint density at radius 3 is 2.36 bits per heavy atom. The van der Waals surface area contributed by atoms with Gasteiger partial charge in [-0.05, 0) is 99.2 Å². The highest BCUT2D eigenvalue weighted by Gasteiger charge is 2.67. The number of carboxylic acid groups (broad SMARTS) is 1. The van der Waals surface area contributed by atoms with Crippen LogP contribution in [0.2, 0.25) is 0 Å². The Labute approximate surface area is 198 Å². The molecule has 1 amide bonds. The van der Waals surface area contributed by atoms with E-state index in [1.54, 1.807) is 0 Å². The number of amides is 1. The van der Waals surface area contributed by atoms with Crippen LogP contribution in [0.4, 0.5) is 4.79 Å². The van der Waals surface area contributed by atoms with Crippen LogP contribution in [0.5, 0.6) is 0 Å². The van der Waals surface area contributed by atoms with Gasteiger partial charge in [0, 0.05) is 24.7 Å². The molecule has 1 heterocycles. The van der Waals surface area contributed by atoms with E-state index in [9.17, 15) is 14.7 Å². The van der Waals surface area contributed by atoms with Crippen molar-refractivity contribution in [1.82, 2.24) is 4.90 Å². The molecule has 8 atom stereocenters. The Morgan fingerprint density at radius 1 is 0.939 bits per heavy atom. The largest absolute Gasteiger partial charge is 0.481 e. The van der Waals surface area contributed by atoms with Crippen molar-refractivity contribution in [2.45, 2.75) is 102 Å². The predicted octanol–water partition coefficient (Wildman–Crippen LogP) is 3.74. The maximum Gasteiger partial charge on any atom is 0.410 e. The minimum atomic E-state index is -0.666. The summed E-state index contributed by atoms with van der Waals surface area (Å²) in [5.74, 6) is 0.514. The molecule has 186 valence electrons. The van der Waals surface area contributed by atoms with Gasteiger partial charge in [0.1, 0.15) is 6.10 Å². The predicted molar refractivity (Wildman–Crippen MR) is 125 cm³/mol. The number of carbonyl (C=O) groups excluding carboxylic acids is 1. The Kier molecular flexibility index (Phi) is 5.75. The van der Waals surface area contributed by atoms with Crippen LogP contribution in [0.3, 0.4) is 0 Å². The van der Waals surface area contributed by atoms with Gasteiger partial charge in [-0.3, -0.25) is 4.79 Å². The van der Waals surface area contributed by atoms with Gasteiger partial charge in [-0.1, -0.05) is 13.8 Å². The van der Waals surface area contributed by atoms with Gasteiger partial charge >= 0.3 is 12.1 Å². The fourth-order valence-electron chi connectivity index (χ4n) is 9.09. The molecule has 0 aromatic rings. The van der Waals surface area contributed by atoms with Crippen LogP contribution in [0.1, 0.15) is 84.5 Å². The highest BCUT2D eigenvalue weighted by atomic mass is 16.6. The Balaban J connectivity index is 1.26. The lowest BCUT2D eigenvalue weighted by atomic mass is 9.42. The number of rotatable bonds is 2. The zero-order chi connectivity index (χ0) is 23.6. The summed E-state index contributed by atoms with van der Waals surface area (Å²) in [7, 11) is 0. The van der Waals surface area contributed by atoms with Gasteiger partial charge in [-0.15, -0.1) is 0 Å². The Morgan fingerprint density at radius 2 is 1.67 bits per heavy atom. The van der Waals surface area contributed by atoms with E-state index in [2.05, 4.69) is 13.8 Å². The number of carboxylic acids is 1. The fraction of sp³-hybridized carbons (Fsp3) is 0.923. The van der Waals surface area contributed by atoms with E-state index in [0.29, 0.717) is 37.3 Å². The molecule has 0 aromatic carbocycles. The molecule has 33 heavy (non-hydrogen) atoms. The van der Waals surface area contributed by atoms with Crippen LogP contribution in [-0.2, 0) is 9.53 Å². The molecule has 5 aliphatic rings. The number of aliphatic carboxylic acids is 1. The number of nitrogens with zero attached hydrogens (tertiary/aromatic N) is 1. The standard InChI is InChI=1S/C26H43N3O4/c1-24-10-5-18(33-23(32)29-13-8-17(27)9-14-29)15-16(24)3-4-20-19(24)6-11-25(2)21(22(30)31)7-12-26(20,25)28/h16-21H,3-15,27-28H2,1-2H3,(H,30,31)/t16?,18?,19-,20-,21?,24+,25-,26-/m1/s1. The third kappa shape index (κ3) is 3.51. The average molecular weight is 462 g/mol. The van der Waals surface area contributed by atoms with E-state index in [0.717, 1.165) is 64.2 Å². The van der Waals surface area contributed by atoms with Gasteiger partial charge in [0.25, 0.3) is 0 Å². The summed E-state index contributed by atoms with van der Waals surface area (Å²) in [4.78, 5) is 26.6. The van der Waals surface area contributed by atoms with E-state index in [-0.39, 0.29) is 40.5 Å². The Hall–Kier alpha value is -1.34. The van der Waals surface area contributed by atoms with Gasteiger partial charge in [0.15, 0.2) is 0 Å². The number of nitrogens with two attached hydrogens (primary N) is 2. The molecule has 5 N–H and O–H groups in total. The molecular weight excluding hydrogens is 418 g/mol. The molecule has 0 spiro atoms. The van der Waals surface area contributed by atoms with Crippen LogP contribution in [-0.4, -0.2) is 52.8 Å². The first-order chi connectivity index (χ1) is 15.6. The lowest BCUT2D eigenvalue weighted by Gasteiger charge is -2.64. The van der Waals surface area contributed by atoms with Crippen molar-refractivity contribution >= 4 is 12.1 Å². The van der Waals surface area contributed by atoms with Crippen molar-refractivity contribution in [3.05, 3.63) is 0 Å². The lowest BCUT2D eigenvalue weighted by Crippen LogP contribution is -2.66. The lowest BCUT2D eigenvalue weighted by molar-refractivity contribution is -0.157. The smallest absolute Gasteiger partial charge is 0.410 e. The van der Waals surface area contributed by atoms with E-state index in [1.807, 2.05) is 4.90 Å². The summed E-state index contributed by atoms with van der Waals surface area (Å²) in [5, 5.41) is 9.87. The minimum Gasteiger partial charge on any atom is -0.481 e. The maximum absolute atomic E-state index is 12.7. The molecule has 5 fully saturated rings. The highest BCUT2D eigenvalue weighted by Crippen LogP contribution is 2.68. The summed E-state index contributed by atoms with van der Waals surface area (Å²) in [6, 6.07) is 0.202. The second kappa shape index (κ2) is 8.11. The topological polar surface area (TPSA) is 119 Å². The highest BCUT2D eigenvalue weighted by molar-refractivity contribution is 5.72. The van der Waals surface area contributed by atoms with E-state index in [4.69, 9.17) is 16.2 Å². The van der Waals surface area contributed by atoms with Gasteiger partial charge in [-0.2, -0.15) is 0 Å². The Bertz CT molecular complexity index is 798. The van der Waals surface area contributed by atoms with Crippen molar-refractivity contribution in [2.75, 3.05) is 13.1 Å². The monoisotopic (exact) mass is 461 g/mol. The molecule has 7 heteroatoms. The maximum atomic E-state index is 12.7. The van der Waals surface area contributed by atoms with Crippen LogP contribution < -0.4 is 11.5 Å². The van der Waals surface area contributed by atoms with Crippen molar-refractivity contribution in [3.63, 3.8) is 0 Å². The molecule has 4 aliphatic carbocycles. The third-order valence-corrected chi connectivity index (χ3v) is 11.3. The second-order valence-corrected chi connectivity index (χ2v) is 12.5. The van der Waals surface area contributed by atoms with Crippen molar-refractivity contribution in [2.24, 2.45) is 46.0 Å². The number of fused-ring (bicyclic) bond motifs is 5. The van der Waals surface area contributed by atoms with Crippen molar-refractivity contribution < 1.29 is 19.4 Å². The molecule has 0 aromatic heterocycles. The molecule has 7 nitrogen and oxygen atoms in total. The number of piperidine rings is 1. The number of hydrogen-bond donors (Lipinski definition) is 3. The summed E-state index contributed by atoms with van der Waals surface area (Å²) >= 11 is 0. The van der Waals surface area contributed by atoms with Crippen LogP contribution >= 0.6 is 0 Å². The van der Waals surface area contributed by atoms with Crippen LogP contribution in [0.25, 0.3) is 0 Å². The number of likely N-dealkylation sites (tertiary alicyclic amines) is 1. The summed E-state index contributed by atoms with van der Waals surface area (Å²) in [6.45, 7) is 6.01. The summed E-state index contributed by atoms with van der Waals surface area (Å²) in [6.07, 6.45) is 10.2. The van der Waals surface area contributed by atoms with Crippen LogP contribution in [0, 0.1) is 34.5 Å². The molecule has 1 saturated heterocycles. The SMILES string of the molecule is C[C@]12CCC(OC(=O)N3CCC(N)CC3)CC1CC[C@@H]1[C@H]2CC[C@]2(C)C(C(=O)O)CC[C@@]12N. The van der Waals surface area contributed by atoms with Crippen molar-refractivity contribution in [3.8, 4) is 0 Å². The number of carbonyl (C=O) groups is 2. The fourth-order valence-corrected chi connectivity index (χ4v) is 9.09. The van der Waals surface area contributed by atoms with Gasteiger partial charge in [0.2, 0.25) is 0 Å². The first-order valence-electron chi connectivity index (χ1n) is 13.3. The summed E-state index contributed by atoms with van der Waals surface area (Å²) < 4.78 is 6.00. The minimum absolute atomic E-state index is 0.00582. The molecule has 1 aliphatic heterocycles. The first kappa shape index (κ1) is 23.4. The van der Waals surface area contributed by atoms with Gasteiger partial charge in [0.05, 0.1) is 5.92 Å². The first-order valence-corrected chi connectivity index (χ1v) is 13.3. The molecular formula is C26H43N3O4. The normalized spacial score (nSPS) is 47.9. The molecule has 5 rings (SSSR count). The van der Waals surface area contributed by atoms with Crippen molar-refractivity contribution in [1.29, 1.82) is 0 Å². The third-order valence-electron chi connectivity index (χ3n) is 11.3. The molecule has 4 saturated carbocycles. The van der Waals surface area contributed by atoms with E-state index < -0.39 is 5.97 Å². The van der Waals surface area contributed by atoms with Crippen LogP contribution in [0.15, 0.2) is 0 Å². The quantitative estimate of drug-likeness (QED) is 0.576. The summed E-state index contributed by atoms with van der Waals surface area (Å²) in [5.41, 5.74) is 12.7. The van der Waals surface area contributed by atoms with Gasteiger partial charge in [-0.25, -0.2) is 4.79 Å². The number of ether oxygens (including phenoxy) is 1. The zero-order valence-corrected chi connectivity index (χ0v) is 20.4.